The summed E-state index contributed by atoms with van der Waals surface area (Å²) in [5, 5.41) is 6.02. The molecule has 2 rings (SSSR count). The fraction of sp³-hybridized carbons (Fsp3) is 0.895. The maximum atomic E-state index is 12.1. The standard InChI is InChI=1S/C19H34N2O4/c1-3-25-18(22)15-8-10-16(11-9-15)21-19(23)20-13-12-14-6-4-5-7-17(14)24-2/h14-17H,3-13H2,1-2H3,(H2,20,21,23). The topological polar surface area (TPSA) is 76.7 Å². The zero-order valence-electron chi connectivity index (χ0n) is 15.7. The van der Waals surface area contributed by atoms with Gasteiger partial charge in [-0.25, -0.2) is 4.79 Å². The van der Waals surface area contributed by atoms with Gasteiger partial charge in [0.2, 0.25) is 0 Å². The Bertz CT molecular complexity index is 422. The smallest absolute Gasteiger partial charge is 0.315 e. The number of carbonyl (C=O) groups excluding carboxylic acids is 2. The second-order valence-corrected chi connectivity index (χ2v) is 7.31. The van der Waals surface area contributed by atoms with Crippen molar-refractivity contribution in [2.45, 2.75) is 76.9 Å². The lowest BCUT2D eigenvalue weighted by Gasteiger charge is -2.30. The van der Waals surface area contributed by atoms with Crippen LogP contribution in [0.2, 0.25) is 0 Å². The predicted octanol–water partition coefficient (Wildman–Crippen LogP) is 3.00. The van der Waals surface area contributed by atoms with E-state index >= 15 is 0 Å². The molecule has 2 aliphatic carbocycles. The highest BCUT2D eigenvalue weighted by Crippen LogP contribution is 2.28. The number of hydrogen-bond donors (Lipinski definition) is 2. The third-order valence-electron chi connectivity index (χ3n) is 5.63. The van der Waals surface area contributed by atoms with Crippen LogP contribution in [0.25, 0.3) is 0 Å². The van der Waals surface area contributed by atoms with Gasteiger partial charge in [0, 0.05) is 19.7 Å². The summed E-state index contributed by atoms with van der Waals surface area (Å²) >= 11 is 0. The lowest BCUT2D eigenvalue weighted by atomic mass is 9.84. The molecule has 6 heteroatoms. The highest BCUT2D eigenvalue weighted by molar-refractivity contribution is 5.74. The van der Waals surface area contributed by atoms with E-state index in [2.05, 4.69) is 10.6 Å². The summed E-state index contributed by atoms with van der Waals surface area (Å²) in [5.74, 6) is 0.461. The highest BCUT2D eigenvalue weighted by Gasteiger charge is 2.28. The monoisotopic (exact) mass is 354 g/mol. The van der Waals surface area contributed by atoms with E-state index < -0.39 is 0 Å². The van der Waals surface area contributed by atoms with Crippen molar-refractivity contribution in [3.63, 3.8) is 0 Å². The quantitative estimate of drug-likeness (QED) is 0.689. The lowest BCUT2D eigenvalue weighted by Crippen LogP contribution is -2.45. The molecule has 0 aromatic rings. The first kappa shape index (κ1) is 20.0. The Kier molecular flexibility index (Phi) is 8.52. The number of methoxy groups -OCH3 is 1. The third-order valence-corrected chi connectivity index (χ3v) is 5.63. The van der Waals surface area contributed by atoms with Crippen molar-refractivity contribution in [1.82, 2.24) is 10.6 Å². The molecule has 0 aromatic carbocycles. The van der Waals surface area contributed by atoms with Crippen LogP contribution in [0.4, 0.5) is 4.79 Å². The molecule has 144 valence electrons. The van der Waals surface area contributed by atoms with Crippen LogP contribution in [0.15, 0.2) is 0 Å². The van der Waals surface area contributed by atoms with E-state index in [1.807, 2.05) is 6.92 Å². The maximum absolute atomic E-state index is 12.1. The molecule has 2 saturated carbocycles. The summed E-state index contributed by atoms with van der Waals surface area (Å²) < 4.78 is 10.6. The summed E-state index contributed by atoms with van der Waals surface area (Å²) in [6, 6.07) is 0.0661. The van der Waals surface area contributed by atoms with Gasteiger partial charge in [0.15, 0.2) is 0 Å². The molecular formula is C19H34N2O4. The van der Waals surface area contributed by atoms with Crippen molar-refractivity contribution in [2.75, 3.05) is 20.3 Å². The molecule has 0 saturated heterocycles. The molecule has 2 atom stereocenters. The summed E-state index contributed by atoms with van der Waals surface area (Å²) in [6.07, 6.45) is 9.42. The van der Waals surface area contributed by atoms with Gasteiger partial charge in [0.05, 0.1) is 18.6 Å². The summed E-state index contributed by atoms with van der Waals surface area (Å²) in [6.45, 7) is 2.95. The third kappa shape index (κ3) is 6.49. The van der Waals surface area contributed by atoms with E-state index in [9.17, 15) is 9.59 Å². The fourth-order valence-corrected chi connectivity index (χ4v) is 4.16. The highest BCUT2D eigenvalue weighted by atomic mass is 16.5. The molecule has 2 amide bonds. The summed E-state index contributed by atoms with van der Waals surface area (Å²) in [7, 11) is 1.79. The molecular weight excluding hydrogens is 320 g/mol. The van der Waals surface area contributed by atoms with Crippen LogP contribution in [-0.4, -0.2) is 44.4 Å². The molecule has 0 bridgehead atoms. The SMILES string of the molecule is CCOC(=O)C1CCC(NC(=O)NCCC2CCCCC2OC)CC1. The van der Waals surface area contributed by atoms with Crippen LogP contribution < -0.4 is 10.6 Å². The van der Waals surface area contributed by atoms with Crippen molar-refractivity contribution >= 4 is 12.0 Å². The molecule has 0 aromatic heterocycles. The predicted molar refractivity (Wildman–Crippen MR) is 96.3 cm³/mol. The zero-order valence-corrected chi connectivity index (χ0v) is 15.7. The van der Waals surface area contributed by atoms with Crippen LogP contribution in [0.3, 0.4) is 0 Å². The first-order valence-electron chi connectivity index (χ1n) is 9.87. The van der Waals surface area contributed by atoms with E-state index in [1.165, 1.54) is 19.3 Å². The molecule has 2 unspecified atom stereocenters. The van der Waals surface area contributed by atoms with E-state index in [0.29, 0.717) is 25.2 Å². The Morgan fingerprint density at radius 2 is 1.76 bits per heavy atom. The average molecular weight is 354 g/mol. The zero-order chi connectivity index (χ0) is 18.1. The van der Waals surface area contributed by atoms with Crippen molar-refractivity contribution in [1.29, 1.82) is 0 Å². The molecule has 25 heavy (non-hydrogen) atoms. The molecule has 0 aliphatic heterocycles. The van der Waals surface area contributed by atoms with E-state index in [0.717, 1.165) is 38.5 Å². The van der Waals surface area contributed by atoms with E-state index in [-0.39, 0.29) is 24.0 Å². The number of carbonyl (C=O) groups is 2. The Morgan fingerprint density at radius 1 is 1.04 bits per heavy atom. The second-order valence-electron chi connectivity index (χ2n) is 7.31. The van der Waals surface area contributed by atoms with Crippen LogP contribution in [0.1, 0.15) is 64.7 Å². The number of rotatable bonds is 7. The van der Waals surface area contributed by atoms with Gasteiger partial charge in [-0.05, 0) is 57.8 Å². The Balaban J connectivity index is 1.60. The molecule has 6 nitrogen and oxygen atoms in total. The Hall–Kier alpha value is -1.30. The van der Waals surface area contributed by atoms with Gasteiger partial charge in [0.25, 0.3) is 0 Å². The second kappa shape index (κ2) is 10.6. The van der Waals surface area contributed by atoms with Gasteiger partial charge in [-0.3, -0.25) is 4.79 Å². The molecule has 0 heterocycles. The van der Waals surface area contributed by atoms with Crippen LogP contribution >= 0.6 is 0 Å². The van der Waals surface area contributed by atoms with Crippen LogP contribution in [0, 0.1) is 11.8 Å². The fourth-order valence-electron chi connectivity index (χ4n) is 4.16. The van der Waals surface area contributed by atoms with Gasteiger partial charge in [-0.2, -0.15) is 0 Å². The largest absolute Gasteiger partial charge is 0.466 e. The molecule has 2 N–H and O–H groups in total. The lowest BCUT2D eigenvalue weighted by molar-refractivity contribution is -0.149. The first-order valence-corrected chi connectivity index (χ1v) is 9.87. The average Bonchev–Trinajstić information content (AvgIpc) is 2.63. The van der Waals surface area contributed by atoms with Crippen molar-refractivity contribution in [2.24, 2.45) is 11.8 Å². The number of urea groups is 1. The minimum absolute atomic E-state index is 0.00154. The van der Waals surface area contributed by atoms with Crippen molar-refractivity contribution in [3.8, 4) is 0 Å². The number of amides is 2. The van der Waals surface area contributed by atoms with E-state index in [4.69, 9.17) is 9.47 Å². The number of esters is 1. The van der Waals surface area contributed by atoms with Gasteiger partial charge < -0.3 is 20.1 Å². The number of hydrogen-bond acceptors (Lipinski definition) is 4. The molecule has 0 radical (unpaired) electrons. The van der Waals surface area contributed by atoms with Crippen LogP contribution in [-0.2, 0) is 14.3 Å². The summed E-state index contributed by atoms with van der Waals surface area (Å²) in [4.78, 5) is 23.8. The molecule has 2 aliphatic rings. The summed E-state index contributed by atoms with van der Waals surface area (Å²) in [5.41, 5.74) is 0. The first-order chi connectivity index (χ1) is 12.1. The molecule has 2 fully saturated rings. The van der Waals surface area contributed by atoms with Crippen LogP contribution in [0.5, 0.6) is 0 Å². The van der Waals surface area contributed by atoms with Crippen molar-refractivity contribution < 1.29 is 19.1 Å². The Morgan fingerprint density at radius 3 is 2.44 bits per heavy atom. The number of nitrogens with one attached hydrogen (secondary N) is 2. The van der Waals surface area contributed by atoms with Gasteiger partial charge >= 0.3 is 12.0 Å². The van der Waals surface area contributed by atoms with Gasteiger partial charge in [-0.1, -0.05) is 12.8 Å². The Labute approximate surface area is 151 Å². The minimum atomic E-state index is -0.0932. The maximum Gasteiger partial charge on any atom is 0.315 e. The number of ether oxygens (including phenoxy) is 2. The molecule has 0 spiro atoms. The van der Waals surface area contributed by atoms with Gasteiger partial charge in [0.1, 0.15) is 0 Å². The minimum Gasteiger partial charge on any atom is -0.466 e. The normalized spacial score (nSPS) is 29.7. The van der Waals surface area contributed by atoms with E-state index in [1.54, 1.807) is 7.11 Å². The van der Waals surface area contributed by atoms with Crippen molar-refractivity contribution in [3.05, 3.63) is 0 Å². The van der Waals surface area contributed by atoms with Gasteiger partial charge in [-0.15, -0.1) is 0 Å².